The lowest BCUT2D eigenvalue weighted by Crippen LogP contribution is -2.43. The number of amides is 3. The van der Waals surface area contributed by atoms with Gasteiger partial charge in [-0.2, -0.15) is 0 Å². The van der Waals surface area contributed by atoms with Crippen molar-refractivity contribution in [2.24, 2.45) is 11.8 Å². The summed E-state index contributed by atoms with van der Waals surface area (Å²) in [5.74, 6) is -0.590. The first-order valence-corrected chi connectivity index (χ1v) is 7.58. The van der Waals surface area contributed by atoms with Crippen LogP contribution in [0.25, 0.3) is 0 Å². The molecule has 1 saturated carbocycles. The molecule has 2 aliphatic rings. The average molecular weight is 297 g/mol. The molecule has 0 aromatic heterocycles. The highest BCUT2D eigenvalue weighted by Gasteiger charge is 2.26. The van der Waals surface area contributed by atoms with Crippen molar-refractivity contribution < 1.29 is 19.5 Å². The highest BCUT2D eigenvalue weighted by atomic mass is 16.4. The van der Waals surface area contributed by atoms with Crippen LogP contribution in [0.3, 0.4) is 0 Å². The Morgan fingerprint density at radius 3 is 2.62 bits per heavy atom. The molecule has 3 N–H and O–H groups in total. The third-order valence-corrected chi connectivity index (χ3v) is 4.34. The number of carboxylic acids is 1. The predicted molar refractivity (Wildman–Crippen MR) is 75.7 cm³/mol. The van der Waals surface area contributed by atoms with Crippen LogP contribution in [0, 0.1) is 11.8 Å². The molecule has 0 aromatic carbocycles. The zero-order chi connectivity index (χ0) is 15.2. The minimum absolute atomic E-state index is 0.0164. The summed E-state index contributed by atoms with van der Waals surface area (Å²) >= 11 is 0. The SMILES string of the molecule is O=C1CCN(C(=O)NCC2CCC(C(=O)O)CC2)CCN1. The number of aliphatic carboxylic acids is 1. The van der Waals surface area contributed by atoms with Crippen LogP contribution >= 0.6 is 0 Å². The molecule has 3 amide bonds. The summed E-state index contributed by atoms with van der Waals surface area (Å²) in [6.07, 6.45) is 3.42. The predicted octanol–water partition coefficient (Wildman–Crippen LogP) is 0.409. The second kappa shape index (κ2) is 7.28. The molecule has 0 atom stereocenters. The highest BCUT2D eigenvalue weighted by molar-refractivity contribution is 5.79. The van der Waals surface area contributed by atoms with Gasteiger partial charge < -0.3 is 20.6 Å². The molecule has 0 aromatic rings. The van der Waals surface area contributed by atoms with Crippen molar-refractivity contribution in [1.82, 2.24) is 15.5 Å². The van der Waals surface area contributed by atoms with Crippen molar-refractivity contribution in [3.8, 4) is 0 Å². The molecule has 2 fully saturated rings. The fourth-order valence-electron chi connectivity index (χ4n) is 2.93. The molecule has 21 heavy (non-hydrogen) atoms. The van der Waals surface area contributed by atoms with Crippen LogP contribution in [0.4, 0.5) is 4.79 Å². The number of carboxylic acid groups (broad SMARTS) is 1. The maximum atomic E-state index is 12.1. The topological polar surface area (TPSA) is 98.7 Å². The Morgan fingerprint density at radius 1 is 1.24 bits per heavy atom. The van der Waals surface area contributed by atoms with Crippen LogP contribution in [-0.4, -0.2) is 54.1 Å². The van der Waals surface area contributed by atoms with Crippen molar-refractivity contribution >= 4 is 17.9 Å². The summed E-state index contributed by atoms with van der Waals surface area (Å²) < 4.78 is 0. The lowest BCUT2D eigenvalue weighted by Gasteiger charge is -2.27. The minimum atomic E-state index is -0.709. The summed E-state index contributed by atoms with van der Waals surface area (Å²) in [7, 11) is 0. The van der Waals surface area contributed by atoms with E-state index in [1.807, 2.05) is 0 Å². The normalized spacial score (nSPS) is 26.7. The quantitative estimate of drug-likeness (QED) is 0.702. The molecular weight excluding hydrogens is 274 g/mol. The smallest absolute Gasteiger partial charge is 0.317 e. The molecule has 7 heteroatoms. The fraction of sp³-hybridized carbons (Fsp3) is 0.786. The van der Waals surface area contributed by atoms with E-state index < -0.39 is 5.97 Å². The Kier molecular flexibility index (Phi) is 5.41. The fourth-order valence-corrected chi connectivity index (χ4v) is 2.93. The van der Waals surface area contributed by atoms with Crippen molar-refractivity contribution in [2.75, 3.05) is 26.2 Å². The van der Waals surface area contributed by atoms with E-state index in [1.54, 1.807) is 4.90 Å². The summed E-state index contributed by atoms with van der Waals surface area (Å²) in [5, 5.41) is 14.6. The molecule has 0 unspecified atom stereocenters. The van der Waals surface area contributed by atoms with Crippen LogP contribution in [0.5, 0.6) is 0 Å². The van der Waals surface area contributed by atoms with E-state index in [-0.39, 0.29) is 17.9 Å². The largest absolute Gasteiger partial charge is 0.481 e. The van der Waals surface area contributed by atoms with Crippen molar-refractivity contribution in [2.45, 2.75) is 32.1 Å². The zero-order valence-corrected chi connectivity index (χ0v) is 12.1. The van der Waals surface area contributed by atoms with Crippen molar-refractivity contribution in [3.05, 3.63) is 0 Å². The van der Waals surface area contributed by atoms with Crippen LogP contribution in [0.15, 0.2) is 0 Å². The van der Waals surface area contributed by atoms with E-state index >= 15 is 0 Å². The molecule has 2 rings (SSSR count). The lowest BCUT2D eigenvalue weighted by atomic mass is 9.82. The van der Waals surface area contributed by atoms with E-state index in [0.29, 0.717) is 51.4 Å². The number of carbonyl (C=O) groups is 3. The number of hydrogen-bond acceptors (Lipinski definition) is 3. The van der Waals surface area contributed by atoms with Crippen LogP contribution < -0.4 is 10.6 Å². The van der Waals surface area contributed by atoms with E-state index in [0.717, 1.165) is 12.8 Å². The summed E-state index contributed by atoms with van der Waals surface area (Å²) in [6.45, 7) is 2.06. The molecule has 1 aliphatic heterocycles. The van der Waals surface area contributed by atoms with E-state index in [4.69, 9.17) is 5.11 Å². The third-order valence-electron chi connectivity index (χ3n) is 4.34. The Labute approximate surface area is 124 Å². The number of nitrogens with one attached hydrogen (secondary N) is 2. The first-order chi connectivity index (χ1) is 10.1. The van der Waals surface area contributed by atoms with Gasteiger partial charge in [-0.3, -0.25) is 9.59 Å². The van der Waals surface area contributed by atoms with Gasteiger partial charge in [-0.1, -0.05) is 0 Å². The molecular formula is C14H23N3O4. The number of hydrogen-bond donors (Lipinski definition) is 3. The molecule has 0 radical (unpaired) electrons. The molecule has 1 aliphatic carbocycles. The summed E-state index contributed by atoms with van der Waals surface area (Å²) in [6, 6.07) is -0.133. The Bertz CT molecular complexity index is 405. The highest BCUT2D eigenvalue weighted by Crippen LogP contribution is 2.28. The lowest BCUT2D eigenvalue weighted by molar-refractivity contribution is -0.143. The molecule has 7 nitrogen and oxygen atoms in total. The number of carbonyl (C=O) groups excluding carboxylic acids is 2. The van der Waals surface area contributed by atoms with E-state index in [9.17, 15) is 14.4 Å². The molecule has 0 bridgehead atoms. The molecule has 1 saturated heterocycles. The number of rotatable bonds is 3. The van der Waals surface area contributed by atoms with Gasteiger partial charge in [-0.15, -0.1) is 0 Å². The Hall–Kier alpha value is -1.79. The molecule has 0 spiro atoms. The van der Waals surface area contributed by atoms with Crippen LogP contribution in [-0.2, 0) is 9.59 Å². The number of urea groups is 1. The second-order valence-electron chi connectivity index (χ2n) is 5.83. The Morgan fingerprint density at radius 2 is 1.95 bits per heavy atom. The van der Waals surface area contributed by atoms with Gasteiger partial charge in [-0.25, -0.2) is 4.79 Å². The van der Waals surface area contributed by atoms with Gasteiger partial charge in [0.15, 0.2) is 0 Å². The van der Waals surface area contributed by atoms with Gasteiger partial charge in [0.25, 0.3) is 0 Å². The maximum absolute atomic E-state index is 12.1. The molecule has 118 valence electrons. The third kappa shape index (κ3) is 4.61. The van der Waals surface area contributed by atoms with Crippen molar-refractivity contribution in [1.29, 1.82) is 0 Å². The first-order valence-electron chi connectivity index (χ1n) is 7.58. The van der Waals surface area contributed by atoms with Crippen LogP contribution in [0.1, 0.15) is 32.1 Å². The average Bonchev–Trinajstić information content (AvgIpc) is 2.70. The van der Waals surface area contributed by atoms with Gasteiger partial charge in [0.1, 0.15) is 0 Å². The molecule has 1 heterocycles. The summed E-state index contributed by atoms with van der Waals surface area (Å²) in [4.78, 5) is 35.8. The Balaban J connectivity index is 1.69. The standard InChI is InChI=1S/C14H23N3O4/c18-12-5-7-17(8-6-15-12)14(21)16-9-10-1-3-11(4-2-10)13(19)20/h10-11H,1-9H2,(H,15,18)(H,16,21)(H,19,20). The van der Waals surface area contributed by atoms with E-state index in [2.05, 4.69) is 10.6 Å². The van der Waals surface area contributed by atoms with E-state index in [1.165, 1.54) is 0 Å². The second-order valence-corrected chi connectivity index (χ2v) is 5.83. The first kappa shape index (κ1) is 15.6. The van der Waals surface area contributed by atoms with Crippen molar-refractivity contribution in [3.63, 3.8) is 0 Å². The van der Waals surface area contributed by atoms with Crippen LogP contribution in [0.2, 0.25) is 0 Å². The van der Waals surface area contributed by atoms with Gasteiger partial charge in [0.05, 0.1) is 5.92 Å². The minimum Gasteiger partial charge on any atom is -0.481 e. The van der Waals surface area contributed by atoms with Gasteiger partial charge in [0.2, 0.25) is 5.91 Å². The van der Waals surface area contributed by atoms with Gasteiger partial charge >= 0.3 is 12.0 Å². The van der Waals surface area contributed by atoms with Gasteiger partial charge in [-0.05, 0) is 31.6 Å². The maximum Gasteiger partial charge on any atom is 0.317 e. The monoisotopic (exact) mass is 297 g/mol. The summed E-state index contributed by atoms with van der Waals surface area (Å²) in [5.41, 5.74) is 0. The number of nitrogens with zero attached hydrogens (tertiary/aromatic N) is 1. The van der Waals surface area contributed by atoms with Gasteiger partial charge in [0, 0.05) is 32.6 Å². The zero-order valence-electron chi connectivity index (χ0n) is 12.1.